The van der Waals surface area contributed by atoms with Crippen molar-refractivity contribution in [2.45, 2.75) is 23.4 Å². The lowest BCUT2D eigenvalue weighted by molar-refractivity contribution is 0.417. The highest BCUT2D eigenvalue weighted by molar-refractivity contribution is 8.00. The fourth-order valence-electron chi connectivity index (χ4n) is 1.79. The summed E-state index contributed by atoms with van der Waals surface area (Å²) in [6, 6.07) is 7.67. The molecule has 9 heteroatoms. The van der Waals surface area contributed by atoms with Crippen molar-refractivity contribution in [1.82, 2.24) is 20.4 Å². The molecule has 0 spiro atoms. The molecular formula is C14H15N5O2S2. The van der Waals surface area contributed by atoms with Crippen molar-refractivity contribution in [3.8, 4) is 5.75 Å². The molecule has 3 rings (SSSR count). The quantitative estimate of drug-likeness (QED) is 0.648. The third-order valence-electron chi connectivity index (χ3n) is 2.89. The van der Waals surface area contributed by atoms with Crippen LogP contribution in [-0.4, -0.2) is 27.5 Å². The Hall–Kier alpha value is -2.13. The van der Waals surface area contributed by atoms with Gasteiger partial charge in [-0.2, -0.15) is 0 Å². The number of aryl methyl sites for hydroxylation is 1. The van der Waals surface area contributed by atoms with E-state index in [2.05, 4.69) is 25.7 Å². The topological polar surface area (TPSA) is 86.0 Å². The van der Waals surface area contributed by atoms with Gasteiger partial charge in [-0.3, -0.25) is 0 Å². The average molecular weight is 349 g/mol. The summed E-state index contributed by atoms with van der Waals surface area (Å²) < 4.78 is 11.6. The van der Waals surface area contributed by atoms with Gasteiger partial charge in [0.1, 0.15) is 5.75 Å². The molecule has 120 valence electrons. The molecule has 0 aliphatic carbocycles. The SMILES string of the molecule is CCc1nnc(CSc2nnc(Nc3ccccc3OC)s2)o1. The number of hydrogen-bond donors (Lipinski definition) is 1. The second-order valence-corrected chi connectivity index (χ2v) is 6.63. The maximum Gasteiger partial charge on any atom is 0.226 e. The largest absolute Gasteiger partial charge is 0.495 e. The zero-order valence-electron chi connectivity index (χ0n) is 12.6. The summed E-state index contributed by atoms with van der Waals surface area (Å²) in [4.78, 5) is 0. The summed E-state index contributed by atoms with van der Waals surface area (Å²) in [6.45, 7) is 1.98. The Morgan fingerprint density at radius 3 is 2.78 bits per heavy atom. The van der Waals surface area contributed by atoms with Gasteiger partial charge in [-0.15, -0.1) is 20.4 Å². The Labute approximate surface area is 141 Å². The average Bonchev–Trinajstić information content (AvgIpc) is 3.22. The van der Waals surface area contributed by atoms with Crippen LogP contribution >= 0.6 is 23.1 Å². The van der Waals surface area contributed by atoms with Gasteiger partial charge in [0.05, 0.1) is 18.6 Å². The third-order valence-corrected chi connectivity index (χ3v) is 4.84. The maximum atomic E-state index is 5.47. The van der Waals surface area contributed by atoms with E-state index in [4.69, 9.17) is 9.15 Å². The van der Waals surface area contributed by atoms with Crippen LogP contribution in [0.2, 0.25) is 0 Å². The first-order valence-corrected chi connectivity index (χ1v) is 8.76. The summed E-state index contributed by atoms with van der Waals surface area (Å²) >= 11 is 2.98. The highest BCUT2D eigenvalue weighted by atomic mass is 32.2. The van der Waals surface area contributed by atoms with Crippen LogP contribution in [0, 0.1) is 0 Å². The summed E-state index contributed by atoms with van der Waals surface area (Å²) in [6.07, 6.45) is 0.740. The van der Waals surface area contributed by atoms with Crippen LogP contribution in [-0.2, 0) is 12.2 Å². The van der Waals surface area contributed by atoms with E-state index in [0.717, 1.165) is 22.2 Å². The summed E-state index contributed by atoms with van der Waals surface area (Å²) in [7, 11) is 1.64. The molecule has 0 saturated heterocycles. The molecule has 0 aliphatic heterocycles. The molecule has 0 saturated carbocycles. The second kappa shape index (κ2) is 7.42. The molecule has 0 unspecified atom stereocenters. The van der Waals surface area contributed by atoms with E-state index < -0.39 is 0 Å². The molecule has 3 aromatic rings. The van der Waals surface area contributed by atoms with E-state index in [1.807, 2.05) is 31.2 Å². The number of hydrogen-bond acceptors (Lipinski definition) is 9. The lowest BCUT2D eigenvalue weighted by atomic mass is 10.3. The van der Waals surface area contributed by atoms with Gasteiger partial charge in [0, 0.05) is 6.42 Å². The van der Waals surface area contributed by atoms with E-state index in [-0.39, 0.29) is 0 Å². The van der Waals surface area contributed by atoms with Gasteiger partial charge in [-0.25, -0.2) is 0 Å². The normalized spacial score (nSPS) is 10.7. The van der Waals surface area contributed by atoms with Gasteiger partial charge in [0.15, 0.2) is 4.34 Å². The predicted octanol–water partition coefficient (Wildman–Crippen LogP) is 3.53. The Bertz CT molecular complexity index is 774. The number of aromatic nitrogens is 4. The first-order chi connectivity index (χ1) is 11.3. The zero-order chi connectivity index (χ0) is 16.1. The number of benzene rings is 1. The Morgan fingerprint density at radius 2 is 2.00 bits per heavy atom. The van der Waals surface area contributed by atoms with Crippen LogP contribution in [0.1, 0.15) is 18.7 Å². The number of anilines is 2. The van der Waals surface area contributed by atoms with Gasteiger partial charge < -0.3 is 14.5 Å². The number of thioether (sulfide) groups is 1. The minimum Gasteiger partial charge on any atom is -0.495 e. The molecule has 0 bridgehead atoms. The molecule has 23 heavy (non-hydrogen) atoms. The molecular weight excluding hydrogens is 334 g/mol. The third kappa shape index (κ3) is 3.99. The summed E-state index contributed by atoms with van der Waals surface area (Å²) in [5.74, 6) is 2.59. The van der Waals surface area contributed by atoms with Crippen molar-refractivity contribution in [3.05, 3.63) is 36.0 Å². The number of ether oxygens (including phenoxy) is 1. The predicted molar refractivity (Wildman–Crippen MR) is 89.4 cm³/mol. The van der Waals surface area contributed by atoms with E-state index in [0.29, 0.717) is 22.7 Å². The van der Waals surface area contributed by atoms with Crippen molar-refractivity contribution < 1.29 is 9.15 Å². The minimum absolute atomic E-state index is 0.580. The Balaban J connectivity index is 1.61. The van der Waals surface area contributed by atoms with Gasteiger partial charge in [-0.1, -0.05) is 42.2 Å². The van der Waals surface area contributed by atoms with Crippen LogP contribution in [0.5, 0.6) is 5.75 Å². The second-order valence-electron chi connectivity index (χ2n) is 4.43. The first-order valence-electron chi connectivity index (χ1n) is 6.96. The molecule has 7 nitrogen and oxygen atoms in total. The van der Waals surface area contributed by atoms with Gasteiger partial charge in [-0.05, 0) is 12.1 Å². The molecule has 1 N–H and O–H groups in total. The lowest BCUT2D eigenvalue weighted by Gasteiger charge is -2.07. The van der Waals surface area contributed by atoms with Crippen molar-refractivity contribution in [2.24, 2.45) is 0 Å². The number of nitrogens with one attached hydrogen (secondary N) is 1. The van der Waals surface area contributed by atoms with Gasteiger partial charge in [0.2, 0.25) is 16.9 Å². The van der Waals surface area contributed by atoms with E-state index >= 15 is 0 Å². The molecule has 0 amide bonds. The Kier molecular flexibility index (Phi) is 5.09. The lowest BCUT2D eigenvalue weighted by Crippen LogP contribution is -1.93. The van der Waals surface area contributed by atoms with Gasteiger partial charge >= 0.3 is 0 Å². The first kappa shape index (κ1) is 15.8. The number of para-hydroxylation sites is 2. The molecule has 2 heterocycles. The van der Waals surface area contributed by atoms with Crippen LogP contribution in [0.25, 0.3) is 0 Å². The van der Waals surface area contributed by atoms with Crippen LogP contribution in [0.3, 0.4) is 0 Å². The minimum atomic E-state index is 0.580. The van der Waals surface area contributed by atoms with Crippen LogP contribution in [0.4, 0.5) is 10.8 Å². The number of nitrogens with zero attached hydrogens (tertiary/aromatic N) is 4. The molecule has 0 atom stereocenters. The summed E-state index contributed by atoms with van der Waals surface area (Å²) in [5.41, 5.74) is 0.854. The molecule has 1 aromatic carbocycles. The van der Waals surface area contributed by atoms with E-state index in [9.17, 15) is 0 Å². The molecule has 2 aromatic heterocycles. The zero-order valence-corrected chi connectivity index (χ0v) is 14.3. The highest BCUT2D eigenvalue weighted by Gasteiger charge is 2.10. The van der Waals surface area contributed by atoms with Gasteiger partial charge in [0.25, 0.3) is 0 Å². The van der Waals surface area contributed by atoms with E-state index in [1.54, 1.807) is 7.11 Å². The Morgan fingerprint density at radius 1 is 1.17 bits per heavy atom. The smallest absolute Gasteiger partial charge is 0.226 e. The highest BCUT2D eigenvalue weighted by Crippen LogP contribution is 2.32. The van der Waals surface area contributed by atoms with Crippen LogP contribution < -0.4 is 10.1 Å². The maximum absolute atomic E-state index is 5.47. The number of rotatable bonds is 7. The fourth-order valence-corrected chi connectivity index (χ4v) is 3.40. The fraction of sp³-hybridized carbons (Fsp3) is 0.286. The number of methoxy groups -OCH3 is 1. The van der Waals surface area contributed by atoms with Crippen molar-refractivity contribution >= 4 is 33.9 Å². The molecule has 0 radical (unpaired) electrons. The van der Waals surface area contributed by atoms with Crippen molar-refractivity contribution in [3.63, 3.8) is 0 Å². The van der Waals surface area contributed by atoms with Crippen LogP contribution in [0.15, 0.2) is 33.0 Å². The molecule has 0 aliphatic rings. The van der Waals surface area contributed by atoms with E-state index in [1.165, 1.54) is 23.1 Å². The monoisotopic (exact) mass is 349 g/mol. The van der Waals surface area contributed by atoms with Crippen molar-refractivity contribution in [1.29, 1.82) is 0 Å². The standard InChI is InChI=1S/C14H15N5O2S2/c1-3-11-16-17-12(21-11)8-22-14-19-18-13(23-14)15-9-6-4-5-7-10(9)20-2/h4-7H,3,8H2,1-2H3,(H,15,18). The van der Waals surface area contributed by atoms with Crippen molar-refractivity contribution in [2.75, 3.05) is 12.4 Å². The molecule has 0 fully saturated rings. The summed E-state index contributed by atoms with van der Waals surface area (Å²) in [5, 5.41) is 20.1.